The normalized spacial score (nSPS) is 11.9. The Morgan fingerprint density at radius 2 is 1.95 bits per heavy atom. The zero-order valence-corrected chi connectivity index (χ0v) is 12.7. The Morgan fingerprint density at radius 1 is 1.15 bits per heavy atom. The number of pyridine rings is 1. The number of aromatic nitrogens is 2. The molecule has 2 N–H and O–H groups in total. The smallest absolute Gasteiger partial charge is 0.127 e. The van der Waals surface area contributed by atoms with Gasteiger partial charge in [0.15, 0.2) is 0 Å². The van der Waals surface area contributed by atoms with E-state index in [0.717, 1.165) is 27.0 Å². The lowest BCUT2D eigenvalue weighted by atomic mass is 9.86. The summed E-state index contributed by atoms with van der Waals surface area (Å²) in [5.41, 5.74) is 9.21. The predicted octanol–water partition coefficient (Wildman–Crippen LogP) is 4.24. The van der Waals surface area contributed by atoms with E-state index in [1.54, 1.807) is 11.3 Å². The van der Waals surface area contributed by atoms with Crippen LogP contribution in [0.3, 0.4) is 0 Å². The number of benzene rings is 1. The number of nitrogens with zero attached hydrogens (tertiary/aromatic N) is 2. The summed E-state index contributed by atoms with van der Waals surface area (Å²) in [6.07, 6.45) is 1.83. The summed E-state index contributed by atoms with van der Waals surface area (Å²) in [5, 5.41) is 4.12. The molecule has 3 aromatic rings. The van der Waals surface area contributed by atoms with Crippen molar-refractivity contribution in [2.45, 2.75) is 26.2 Å². The summed E-state index contributed by atoms with van der Waals surface area (Å²) in [5.74, 6) is 0.618. The third kappa shape index (κ3) is 2.27. The Hall–Kier alpha value is -1.94. The number of fused-ring (bicyclic) bond motifs is 1. The molecule has 3 rings (SSSR count). The lowest BCUT2D eigenvalue weighted by Gasteiger charge is -2.21. The fourth-order valence-electron chi connectivity index (χ4n) is 2.29. The third-order valence-corrected chi connectivity index (χ3v) is 4.15. The van der Waals surface area contributed by atoms with Gasteiger partial charge in [-0.3, -0.25) is 0 Å². The van der Waals surface area contributed by atoms with Crippen LogP contribution in [0, 0.1) is 0 Å². The first-order chi connectivity index (χ1) is 9.45. The van der Waals surface area contributed by atoms with Crippen molar-refractivity contribution in [3.63, 3.8) is 0 Å². The molecule has 0 unspecified atom stereocenters. The molecule has 0 saturated heterocycles. The maximum atomic E-state index is 6.08. The number of hydrogen-bond donors (Lipinski definition) is 1. The highest BCUT2D eigenvalue weighted by atomic mass is 32.1. The van der Waals surface area contributed by atoms with Crippen molar-refractivity contribution < 1.29 is 0 Å². The Labute approximate surface area is 122 Å². The van der Waals surface area contributed by atoms with Crippen LogP contribution in [0.25, 0.3) is 21.5 Å². The van der Waals surface area contributed by atoms with Gasteiger partial charge in [-0.25, -0.2) is 9.97 Å². The average Bonchev–Trinajstić information content (AvgIpc) is 2.90. The molecule has 0 fully saturated rings. The largest absolute Gasteiger partial charge is 0.383 e. The monoisotopic (exact) mass is 283 g/mol. The molecule has 2 heterocycles. The average molecular weight is 283 g/mol. The van der Waals surface area contributed by atoms with E-state index in [1.165, 1.54) is 0 Å². The van der Waals surface area contributed by atoms with Crippen molar-refractivity contribution in [1.82, 2.24) is 9.97 Å². The summed E-state index contributed by atoms with van der Waals surface area (Å²) in [7, 11) is 0. The van der Waals surface area contributed by atoms with E-state index >= 15 is 0 Å². The molecule has 0 aliphatic heterocycles. The first-order valence-electron chi connectivity index (χ1n) is 6.56. The fraction of sp³-hybridized carbons (Fsp3) is 0.250. The van der Waals surface area contributed by atoms with E-state index in [2.05, 4.69) is 42.9 Å². The molecule has 0 spiro atoms. The van der Waals surface area contributed by atoms with Crippen LogP contribution in [0.5, 0.6) is 0 Å². The van der Waals surface area contributed by atoms with Crippen LogP contribution in [-0.4, -0.2) is 9.97 Å². The van der Waals surface area contributed by atoms with Crippen LogP contribution in [0.15, 0.2) is 35.8 Å². The molecule has 2 aromatic heterocycles. The molecule has 20 heavy (non-hydrogen) atoms. The number of nitrogen functional groups attached to an aromatic ring is 1. The van der Waals surface area contributed by atoms with Gasteiger partial charge in [-0.1, -0.05) is 20.8 Å². The quantitative estimate of drug-likeness (QED) is 0.726. The SMILES string of the molecule is CC(C)(C)c1cc2cc(-c3nccs3)ccc2nc1N. The topological polar surface area (TPSA) is 51.8 Å². The second kappa shape index (κ2) is 4.56. The van der Waals surface area contributed by atoms with Crippen molar-refractivity contribution in [1.29, 1.82) is 0 Å². The highest BCUT2D eigenvalue weighted by Crippen LogP contribution is 2.31. The molecule has 4 heteroatoms. The van der Waals surface area contributed by atoms with Crippen molar-refractivity contribution in [2.24, 2.45) is 0 Å². The van der Waals surface area contributed by atoms with Crippen LogP contribution < -0.4 is 5.73 Å². The molecule has 0 radical (unpaired) electrons. The highest BCUT2D eigenvalue weighted by molar-refractivity contribution is 7.13. The van der Waals surface area contributed by atoms with Gasteiger partial charge >= 0.3 is 0 Å². The van der Waals surface area contributed by atoms with Gasteiger partial charge in [0, 0.05) is 28.1 Å². The van der Waals surface area contributed by atoms with Gasteiger partial charge in [0.2, 0.25) is 0 Å². The van der Waals surface area contributed by atoms with E-state index in [0.29, 0.717) is 5.82 Å². The highest BCUT2D eigenvalue weighted by Gasteiger charge is 2.18. The van der Waals surface area contributed by atoms with Crippen molar-refractivity contribution in [2.75, 3.05) is 5.73 Å². The zero-order chi connectivity index (χ0) is 14.3. The lowest BCUT2D eigenvalue weighted by Crippen LogP contribution is -2.15. The number of nitrogens with two attached hydrogens (primary N) is 1. The third-order valence-electron chi connectivity index (χ3n) is 3.33. The molecule has 0 aliphatic rings. The van der Waals surface area contributed by atoms with E-state index in [9.17, 15) is 0 Å². The van der Waals surface area contributed by atoms with Crippen LogP contribution in [0.2, 0.25) is 0 Å². The molecular weight excluding hydrogens is 266 g/mol. The van der Waals surface area contributed by atoms with Gasteiger partial charge < -0.3 is 5.73 Å². The van der Waals surface area contributed by atoms with Gasteiger partial charge in [0.05, 0.1) is 5.52 Å². The summed E-state index contributed by atoms with van der Waals surface area (Å²) < 4.78 is 0. The molecule has 0 saturated carbocycles. The Balaban J connectivity index is 2.21. The van der Waals surface area contributed by atoms with Crippen LogP contribution >= 0.6 is 11.3 Å². The second-order valence-corrected chi connectivity index (χ2v) is 6.81. The molecule has 0 amide bonds. The van der Waals surface area contributed by atoms with Gasteiger partial charge in [-0.15, -0.1) is 11.3 Å². The minimum Gasteiger partial charge on any atom is -0.383 e. The van der Waals surface area contributed by atoms with Gasteiger partial charge in [-0.2, -0.15) is 0 Å². The Morgan fingerprint density at radius 3 is 2.60 bits per heavy atom. The zero-order valence-electron chi connectivity index (χ0n) is 11.8. The molecule has 1 aromatic carbocycles. The summed E-state index contributed by atoms with van der Waals surface area (Å²) in [4.78, 5) is 8.88. The van der Waals surface area contributed by atoms with Crippen LogP contribution in [0.4, 0.5) is 5.82 Å². The first-order valence-corrected chi connectivity index (χ1v) is 7.44. The first kappa shape index (κ1) is 13.1. The molecule has 0 bridgehead atoms. The van der Waals surface area contributed by atoms with Gasteiger partial charge in [-0.05, 0) is 29.7 Å². The number of rotatable bonds is 1. The van der Waals surface area contributed by atoms with Gasteiger partial charge in [0.25, 0.3) is 0 Å². The van der Waals surface area contributed by atoms with Crippen molar-refractivity contribution >= 4 is 28.1 Å². The molecule has 102 valence electrons. The van der Waals surface area contributed by atoms with E-state index in [-0.39, 0.29) is 5.41 Å². The number of hydrogen-bond acceptors (Lipinski definition) is 4. The lowest BCUT2D eigenvalue weighted by molar-refractivity contribution is 0.591. The van der Waals surface area contributed by atoms with E-state index in [1.807, 2.05) is 23.7 Å². The standard InChI is InChI=1S/C16H17N3S/c1-16(2,3)12-9-11-8-10(15-18-6-7-20-15)4-5-13(11)19-14(12)17/h4-9H,1-3H3,(H2,17,19). The molecule has 0 aliphatic carbocycles. The minimum absolute atomic E-state index is 0.0114. The maximum absolute atomic E-state index is 6.08. The van der Waals surface area contributed by atoms with Crippen molar-refractivity contribution in [3.8, 4) is 10.6 Å². The molecule has 0 atom stereocenters. The van der Waals surface area contributed by atoms with E-state index < -0.39 is 0 Å². The summed E-state index contributed by atoms with van der Waals surface area (Å²) in [6, 6.07) is 8.34. The van der Waals surface area contributed by atoms with Crippen LogP contribution in [-0.2, 0) is 5.41 Å². The van der Waals surface area contributed by atoms with Crippen LogP contribution in [0.1, 0.15) is 26.3 Å². The molecular formula is C16H17N3S. The minimum atomic E-state index is -0.0114. The summed E-state index contributed by atoms with van der Waals surface area (Å²) in [6.45, 7) is 6.45. The predicted molar refractivity (Wildman–Crippen MR) is 86.0 cm³/mol. The van der Waals surface area contributed by atoms with Gasteiger partial charge in [0.1, 0.15) is 10.8 Å². The maximum Gasteiger partial charge on any atom is 0.127 e. The van der Waals surface area contributed by atoms with Crippen molar-refractivity contribution in [3.05, 3.63) is 41.4 Å². The summed E-state index contributed by atoms with van der Waals surface area (Å²) >= 11 is 1.64. The number of thiazole rings is 1. The number of anilines is 1. The second-order valence-electron chi connectivity index (χ2n) is 5.92. The van der Waals surface area contributed by atoms with E-state index in [4.69, 9.17) is 5.73 Å². The molecule has 3 nitrogen and oxygen atoms in total. The Kier molecular flexibility index (Phi) is 2.98. The fourth-order valence-corrected chi connectivity index (χ4v) is 2.93. The Bertz CT molecular complexity index is 755.